The molecule has 20 heavy (non-hydrogen) atoms. The molecule has 0 bridgehead atoms. The maximum absolute atomic E-state index is 13.1. The average Bonchev–Trinajstić information content (AvgIpc) is 2.36. The van der Waals surface area contributed by atoms with Gasteiger partial charge in [-0.2, -0.15) is 0 Å². The monoisotopic (exact) mass is 297 g/mol. The fraction of sp³-hybridized carbons (Fsp3) is 0.467. The van der Waals surface area contributed by atoms with E-state index in [1.165, 1.54) is 12.0 Å². The fourth-order valence-electron chi connectivity index (χ4n) is 2.36. The van der Waals surface area contributed by atoms with Gasteiger partial charge in [-0.3, -0.25) is 9.69 Å². The Bertz CT molecular complexity index is 493. The van der Waals surface area contributed by atoms with E-state index in [0.29, 0.717) is 19.6 Å². The van der Waals surface area contributed by atoms with Crippen molar-refractivity contribution in [1.29, 1.82) is 0 Å². The zero-order chi connectivity index (χ0) is 14.7. The number of nitrogens with zero attached hydrogens (tertiary/aromatic N) is 2. The molecule has 1 heterocycles. The first-order valence-corrected chi connectivity index (χ1v) is 7.06. The van der Waals surface area contributed by atoms with Gasteiger partial charge in [-0.25, -0.2) is 4.39 Å². The number of rotatable bonds is 4. The normalized spacial score (nSPS) is 17.1. The van der Waals surface area contributed by atoms with Gasteiger partial charge < -0.3 is 4.90 Å². The van der Waals surface area contributed by atoms with Crippen LogP contribution in [0.1, 0.15) is 19.4 Å². The van der Waals surface area contributed by atoms with Gasteiger partial charge in [-0.15, -0.1) is 0 Å². The lowest BCUT2D eigenvalue weighted by Gasteiger charge is -2.35. The second-order valence-electron chi connectivity index (χ2n) is 5.48. The number of piperazine rings is 1. The molecule has 1 aromatic carbocycles. The van der Waals surface area contributed by atoms with Crippen LogP contribution in [-0.2, 0) is 11.3 Å². The highest BCUT2D eigenvalue weighted by Gasteiger charge is 2.24. The van der Waals surface area contributed by atoms with E-state index in [1.807, 2.05) is 0 Å². The number of hydrogen-bond acceptors (Lipinski definition) is 2. The van der Waals surface area contributed by atoms with Crippen molar-refractivity contribution in [2.45, 2.75) is 20.4 Å². The van der Waals surface area contributed by atoms with Crippen LogP contribution in [0.5, 0.6) is 0 Å². The summed E-state index contributed by atoms with van der Waals surface area (Å²) < 4.78 is 13.1. The average molecular weight is 298 g/mol. The molecule has 0 unspecified atom stereocenters. The van der Waals surface area contributed by atoms with Gasteiger partial charge in [-0.1, -0.05) is 31.5 Å². The van der Waals surface area contributed by atoms with Crippen molar-refractivity contribution in [3.8, 4) is 0 Å². The number of amides is 1. The summed E-state index contributed by atoms with van der Waals surface area (Å²) in [4.78, 5) is 16.1. The van der Waals surface area contributed by atoms with E-state index in [0.717, 1.165) is 18.7 Å². The molecule has 1 aliphatic rings. The maximum Gasteiger partial charge on any atom is 0.237 e. The van der Waals surface area contributed by atoms with Crippen molar-refractivity contribution in [3.63, 3.8) is 0 Å². The van der Waals surface area contributed by atoms with Crippen molar-refractivity contribution in [2.75, 3.05) is 26.2 Å². The lowest BCUT2D eigenvalue weighted by Crippen LogP contribution is -2.50. The Balaban J connectivity index is 1.94. The minimum atomic E-state index is -0.430. The molecule has 0 N–H and O–H groups in total. The number of carbonyl (C=O) groups is 1. The molecule has 1 amide bonds. The number of hydrogen-bond donors (Lipinski definition) is 0. The van der Waals surface area contributed by atoms with Crippen molar-refractivity contribution >= 4 is 17.5 Å². The molecule has 1 aliphatic heterocycles. The molecular weight excluding hydrogens is 279 g/mol. The standard InChI is InChI=1S/C15H19ClFN2O/c1-11(2)8-18-5-6-19(15(20)10-18)9-12-3-4-14(17)13(16)7-12/h3-4,7H,5-6,8-10H2,1-2H3. The molecule has 109 valence electrons. The summed E-state index contributed by atoms with van der Waals surface area (Å²) in [6.07, 6.45) is 0. The quantitative estimate of drug-likeness (QED) is 0.853. The van der Waals surface area contributed by atoms with Crippen LogP contribution in [0.2, 0.25) is 5.02 Å². The largest absolute Gasteiger partial charge is 0.336 e. The second-order valence-corrected chi connectivity index (χ2v) is 5.89. The van der Waals surface area contributed by atoms with Gasteiger partial charge in [0.25, 0.3) is 0 Å². The molecule has 5 heteroatoms. The topological polar surface area (TPSA) is 23.6 Å². The Kier molecular flexibility index (Phi) is 5.00. The van der Waals surface area contributed by atoms with Crippen LogP contribution < -0.4 is 0 Å². The van der Waals surface area contributed by atoms with E-state index in [4.69, 9.17) is 11.6 Å². The number of carbonyl (C=O) groups excluding carboxylic acids is 1. The van der Waals surface area contributed by atoms with Gasteiger partial charge in [0, 0.05) is 26.2 Å². The first-order chi connectivity index (χ1) is 9.45. The van der Waals surface area contributed by atoms with Gasteiger partial charge in [0.1, 0.15) is 5.82 Å². The minimum absolute atomic E-state index is 0.102. The molecule has 2 rings (SSSR count). The van der Waals surface area contributed by atoms with Gasteiger partial charge in [-0.05, 0) is 23.6 Å². The summed E-state index contributed by atoms with van der Waals surface area (Å²) in [6.45, 7) is 7.49. The molecule has 0 aromatic heterocycles. The smallest absolute Gasteiger partial charge is 0.237 e. The molecule has 1 saturated heterocycles. The predicted molar refractivity (Wildman–Crippen MR) is 77.9 cm³/mol. The molecule has 1 aromatic rings. The van der Waals surface area contributed by atoms with E-state index in [-0.39, 0.29) is 10.9 Å². The Morgan fingerprint density at radius 1 is 1.35 bits per heavy atom. The number of benzene rings is 1. The van der Waals surface area contributed by atoms with Crippen LogP contribution in [0.4, 0.5) is 4.39 Å². The van der Waals surface area contributed by atoms with E-state index < -0.39 is 5.82 Å². The summed E-state index contributed by atoms with van der Waals surface area (Å²) in [7, 11) is 0. The van der Waals surface area contributed by atoms with Gasteiger partial charge in [0.15, 0.2) is 0 Å². The highest BCUT2D eigenvalue weighted by atomic mass is 35.5. The van der Waals surface area contributed by atoms with Crippen LogP contribution in [-0.4, -0.2) is 41.9 Å². The summed E-state index contributed by atoms with van der Waals surface area (Å²) in [5, 5.41) is 0.102. The zero-order valence-electron chi connectivity index (χ0n) is 11.8. The van der Waals surface area contributed by atoms with Crippen molar-refractivity contribution < 1.29 is 9.18 Å². The summed E-state index contributed by atoms with van der Waals surface area (Å²) >= 11 is 5.76. The van der Waals surface area contributed by atoms with Crippen molar-refractivity contribution in [2.24, 2.45) is 0 Å². The minimum Gasteiger partial charge on any atom is -0.336 e. The SMILES string of the molecule is C[C](C)CN1CCN(Cc2ccc(F)c(Cl)c2)C(=O)C1. The summed E-state index contributed by atoms with van der Waals surface area (Å²) in [5.74, 6) is 0.982. The zero-order valence-corrected chi connectivity index (χ0v) is 12.6. The summed E-state index contributed by atoms with van der Waals surface area (Å²) in [5.41, 5.74) is 0.858. The van der Waals surface area contributed by atoms with Gasteiger partial charge in [0.2, 0.25) is 5.91 Å². The third kappa shape index (κ3) is 3.93. The van der Waals surface area contributed by atoms with Crippen molar-refractivity contribution in [3.05, 3.63) is 40.5 Å². The highest BCUT2D eigenvalue weighted by molar-refractivity contribution is 6.30. The highest BCUT2D eigenvalue weighted by Crippen LogP contribution is 2.18. The first-order valence-electron chi connectivity index (χ1n) is 6.69. The second kappa shape index (κ2) is 6.55. The summed E-state index contributed by atoms with van der Waals surface area (Å²) in [6, 6.07) is 4.60. The van der Waals surface area contributed by atoms with Crippen LogP contribution in [0.25, 0.3) is 0 Å². The van der Waals surface area contributed by atoms with Gasteiger partial charge >= 0.3 is 0 Å². The van der Waals surface area contributed by atoms with E-state index in [9.17, 15) is 9.18 Å². The van der Waals surface area contributed by atoms with Crippen LogP contribution >= 0.6 is 11.6 Å². The molecule has 1 fully saturated rings. The Labute approximate surface area is 124 Å². The molecule has 0 aliphatic carbocycles. The maximum atomic E-state index is 13.1. The Morgan fingerprint density at radius 2 is 2.10 bits per heavy atom. The molecule has 0 saturated carbocycles. The van der Waals surface area contributed by atoms with Gasteiger partial charge in [0.05, 0.1) is 11.6 Å². The molecule has 0 spiro atoms. The lowest BCUT2D eigenvalue weighted by molar-refractivity contribution is -0.136. The third-order valence-corrected chi connectivity index (χ3v) is 3.58. The Morgan fingerprint density at radius 3 is 2.70 bits per heavy atom. The van der Waals surface area contributed by atoms with Crippen LogP contribution in [0, 0.1) is 11.7 Å². The van der Waals surface area contributed by atoms with Crippen molar-refractivity contribution in [1.82, 2.24) is 9.80 Å². The molecule has 0 atom stereocenters. The van der Waals surface area contributed by atoms with E-state index >= 15 is 0 Å². The lowest BCUT2D eigenvalue weighted by atomic mass is 10.1. The third-order valence-electron chi connectivity index (χ3n) is 3.29. The van der Waals surface area contributed by atoms with E-state index in [2.05, 4.69) is 18.7 Å². The molecule has 1 radical (unpaired) electrons. The Hall–Kier alpha value is -1.13. The van der Waals surface area contributed by atoms with Crippen LogP contribution in [0.15, 0.2) is 18.2 Å². The molecule has 3 nitrogen and oxygen atoms in total. The predicted octanol–water partition coefficient (Wildman–Crippen LogP) is 2.74. The fourth-order valence-corrected chi connectivity index (χ4v) is 2.57. The van der Waals surface area contributed by atoms with Crippen LogP contribution in [0.3, 0.4) is 0 Å². The first kappa shape index (κ1) is 15.3. The van der Waals surface area contributed by atoms with E-state index in [1.54, 1.807) is 17.0 Å². The molecular formula is C15H19ClFN2O. The number of halogens is 2.